The molecule has 1 amide bonds. The van der Waals surface area contributed by atoms with Gasteiger partial charge in [-0.25, -0.2) is 4.52 Å². The van der Waals surface area contributed by atoms with Crippen molar-refractivity contribution in [2.75, 3.05) is 5.32 Å². The summed E-state index contributed by atoms with van der Waals surface area (Å²) >= 11 is 13.7. The second kappa shape index (κ2) is 5.87. The molecule has 3 rings (SSSR count). The smallest absolute Gasteiger partial charge is 0.250 e. The Bertz CT molecular complexity index is 856. The monoisotopic (exact) mass is 354 g/mol. The average Bonchev–Trinajstić information content (AvgIpc) is 3.01. The maximum Gasteiger partial charge on any atom is 0.250 e. The lowest BCUT2D eigenvalue weighted by molar-refractivity contribution is -0.118. The van der Waals surface area contributed by atoms with Gasteiger partial charge in [-0.2, -0.15) is 4.98 Å². The Kier molecular flexibility index (Phi) is 4.08. The molecular weight excluding hydrogens is 343 g/mol. The Labute approximate surface area is 140 Å². The first-order valence-corrected chi connectivity index (χ1v) is 8.20. The quantitative estimate of drug-likeness (QED) is 0.759. The minimum Gasteiger partial charge on any atom is -0.293 e. The largest absolute Gasteiger partial charge is 0.293 e. The second-order valence-corrected chi connectivity index (χ2v) is 6.70. The van der Waals surface area contributed by atoms with Crippen LogP contribution in [0.15, 0.2) is 23.6 Å². The van der Waals surface area contributed by atoms with Gasteiger partial charge >= 0.3 is 0 Å². The summed E-state index contributed by atoms with van der Waals surface area (Å²) in [5.41, 5.74) is 1.55. The minimum absolute atomic E-state index is 0.124. The van der Waals surface area contributed by atoms with E-state index < -0.39 is 0 Å². The number of amides is 1. The molecule has 0 radical (unpaired) electrons. The van der Waals surface area contributed by atoms with Crippen LogP contribution in [0.4, 0.5) is 5.95 Å². The van der Waals surface area contributed by atoms with E-state index in [4.69, 9.17) is 23.2 Å². The molecule has 114 valence electrons. The number of nitrogens with one attached hydrogen (secondary N) is 1. The van der Waals surface area contributed by atoms with Gasteiger partial charge in [0.25, 0.3) is 0 Å². The van der Waals surface area contributed by atoms with Crippen molar-refractivity contribution in [1.29, 1.82) is 0 Å². The summed E-state index contributed by atoms with van der Waals surface area (Å²) in [4.78, 5) is 16.7. The number of benzene rings is 1. The standard InChI is InChI=1S/C14H12Cl2N4OS/c1-7(2)12(21)17-13-18-14-20(19-13)11(6-22-14)9-5-8(15)3-4-10(9)16/h3-7H,1-2H3,(H,17,19,21). The highest BCUT2D eigenvalue weighted by atomic mass is 35.5. The molecule has 1 aromatic carbocycles. The van der Waals surface area contributed by atoms with Gasteiger partial charge < -0.3 is 0 Å². The van der Waals surface area contributed by atoms with Gasteiger partial charge in [-0.15, -0.1) is 16.4 Å². The van der Waals surface area contributed by atoms with Crippen LogP contribution < -0.4 is 5.32 Å². The van der Waals surface area contributed by atoms with E-state index in [0.29, 0.717) is 15.0 Å². The predicted molar refractivity (Wildman–Crippen MR) is 89.8 cm³/mol. The van der Waals surface area contributed by atoms with Crippen LogP contribution in [-0.4, -0.2) is 20.5 Å². The number of rotatable bonds is 3. The van der Waals surface area contributed by atoms with Crippen LogP contribution >= 0.6 is 34.5 Å². The SMILES string of the molecule is CC(C)C(=O)Nc1nc2scc(-c3cc(Cl)ccc3Cl)n2n1. The van der Waals surface area contributed by atoms with E-state index >= 15 is 0 Å². The molecule has 0 saturated heterocycles. The Balaban J connectivity index is 2.03. The van der Waals surface area contributed by atoms with Crippen molar-refractivity contribution in [3.63, 3.8) is 0 Å². The third-order valence-electron chi connectivity index (χ3n) is 3.05. The van der Waals surface area contributed by atoms with Crippen LogP contribution in [0.5, 0.6) is 0 Å². The van der Waals surface area contributed by atoms with E-state index in [-0.39, 0.29) is 17.8 Å². The molecule has 0 atom stereocenters. The van der Waals surface area contributed by atoms with Crippen molar-refractivity contribution in [2.24, 2.45) is 5.92 Å². The van der Waals surface area contributed by atoms with Gasteiger partial charge in [0.1, 0.15) is 0 Å². The summed E-state index contributed by atoms with van der Waals surface area (Å²) in [6.07, 6.45) is 0. The summed E-state index contributed by atoms with van der Waals surface area (Å²) in [5.74, 6) is 0.0222. The molecule has 2 aromatic heterocycles. The van der Waals surface area contributed by atoms with Crippen molar-refractivity contribution in [2.45, 2.75) is 13.8 Å². The molecule has 22 heavy (non-hydrogen) atoms. The van der Waals surface area contributed by atoms with Crippen molar-refractivity contribution in [1.82, 2.24) is 14.6 Å². The normalized spacial score (nSPS) is 11.3. The number of carbonyl (C=O) groups is 1. The number of fused-ring (bicyclic) bond motifs is 1. The minimum atomic E-state index is -0.136. The van der Waals surface area contributed by atoms with E-state index in [1.54, 1.807) is 22.7 Å². The van der Waals surface area contributed by atoms with Gasteiger partial charge in [0, 0.05) is 21.9 Å². The van der Waals surface area contributed by atoms with Crippen molar-refractivity contribution in [3.8, 4) is 11.3 Å². The highest BCUT2D eigenvalue weighted by Crippen LogP contribution is 2.33. The lowest BCUT2D eigenvalue weighted by Crippen LogP contribution is -2.18. The summed E-state index contributed by atoms with van der Waals surface area (Å²) < 4.78 is 1.65. The van der Waals surface area contributed by atoms with Crippen LogP contribution in [0.25, 0.3) is 16.2 Å². The van der Waals surface area contributed by atoms with Crippen LogP contribution in [0.2, 0.25) is 10.0 Å². The van der Waals surface area contributed by atoms with Gasteiger partial charge in [-0.05, 0) is 18.2 Å². The van der Waals surface area contributed by atoms with Crippen LogP contribution in [-0.2, 0) is 4.79 Å². The molecule has 8 heteroatoms. The number of halogens is 2. The molecule has 5 nitrogen and oxygen atoms in total. The van der Waals surface area contributed by atoms with Crippen LogP contribution in [0.3, 0.4) is 0 Å². The number of aromatic nitrogens is 3. The lowest BCUT2D eigenvalue weighted by atomic mass is 10.2. The van der Waals surface area contributed by atoms with Crippen LogP contribution in [0.1, 0.15) is 13.8 Å². The fraction of sp³-hybridized carbons (Fsp3) is 0.214. The first-order valence-electron chi connectivity index (χ1n) is 6.56. The number of carbonyl (C=O) groups excluding carboxylic acids is 1. The average molecular weight is 355 g/mol. The van der Waals surface area contributed by atoms with Crippen molar-refractivity contribution in [3.05, 3.63) is 33.6 Å². The zero-order valence-electron chi connectivity index (χ0n) is 11.8. The number of anilines is 1. The van der Waals surface area contributed by atoms with Gasteiger partial charge in [-0.1, -0.05) is 37.0 Å². The second-order valence-electron chi connectivity index (χ2n) is 5.02. The maximum absolute atomic E-state index is 11.7. The Morgan fingerprint density at radius 3 is 2.86 bits per heavy atom. The summed E-state index contributed by atoms with van der Waals surface area (Å²) in [6, 6.07) is 5.24. The zero-order chi connectivity index (χ0) is 15.9. The molecule has 3 aromatic rings. The molecule has 0 saturated carbocycles. The lowest BCUT2D eigenvalue weighted by Gasteiger charge is -2.04. The summed E-state index contributed by atoms with van der Waals surface area (Å²) in [6.45, 7) is 3.62. The topological polar surface area (TPSA) is 59.3 Å². The summed E-state index contributed by atoms with van der Waals surface area (Å²) in [5, 5.41) is 10.1. The first-order chi connectivity index (χ1) is 10.5. The third-order valence-corrected chi connectivity index (χ3v) is 4.43. The number of nitrogens with zero attached hydrogens (tertiary/aromatic N) is 3. The maximum atomic E-state index is 11.7. The zero-order valence-corrected chi connectivity index (χ0v) is 14.1. The van der Waals surface area contributed by atoms with Gasteiger partial charge in [-0.3, -0.25) is 10.1 Å². The first kappa shape index (κ1) is 15.3. The predicted octanol–water partition coefficient (Wildman–Crippen LogP) is 4.36. The van der Waals surface area contributed by atoms with Crippen molar-refractivity contribution >= 4 is 51.4 Å². The molecule has 0 aliphatic heterocycles. The van der Waals surface area contributed by atoms with E-state index in [2.05, 4.69) is 15.4 Å². The molecule has 0 unspecified atom stereocenters. The van der Waals surface area contributed by atoms with E-state index in [0.717, 1.165) is 11.3 Å². The molecular formula is C14H12Cl2N4OS. The Hall–Kier alpha value is -1.63. The van der Waals surface area contributed by atoms with Gasteiger partial charge in [0.2, 0.25) is 16.8 Å². The van der Waals surface area contributed by atoms with E-state index in [9.17, 15) is 4.79 Å². The molecule has 0 bridgehead atoms. The Morgan fingerprint density at radius 1 is 1.36 bits per heavy atom. The third kappa shape index (κ3) is 2.82. The molecule has 0 aliphatic rings. The highest BCUT2D eigenvalue weighted by molar-refractivity contribution is 7.15. The van der Waals surface area contributed by atoms with Crippen LogP contribution in [0, 0.1) is 5.92 Å². The van der Waals surface area contributed by atoms with Gasteiger partial charge in [0.05, 0.1) is 10.7 Å². The fourth-order valence-corrected chi connectivity index (χ4v) is 3.08. The molecule has 2 heterocycles. The molecule has 0 aliphatic carbocycles. The number of thiazole rings is 1. The van der Waals surface area contributed by atoms with E-state index in [1.165, 1.54) is 11.3 Å². The number of hydrogen-bond donors (Lipinski definition) is 1. The summed E-state index contributed by atoms with van der Waals surface area (Å²) in [7, 11) is 0. The molecule has 1 N–H and O–H groups in total. The molecule has 0 fully saturated rings. The number of hydrogen-bond acceptors (Lipinski definition) is 4. The van der Waals surface area contributed by atoms with Gasteiger partial charge in [0.15, 0.2) is 0 Å². The fourth-order valence-electron chi connectivity index (χ4n) is 1.87. The highest BCUT2D eigenvalue weighted by Gasteiger charge is 2.16. The van der Waals surface area contributed by atoms with E-state index in [1.807, 2.05) is 19.2 Å². The Morgan fingerprint density at radius 2 is 2.14 bits per heavy atom. The molecule has 0 spiro atoms. The van der Waals surface area contributed by atoms with Crippen molar-refractivity contribution < 1.29 is 4.79 Å².